The first-order valence-electron chi connectivity index (χ1n) is 11.3. The van der Waals surface area contributed by atoms with Crippen molar-refractivity contribution in [2.75, 3.05) is 45.9 Å². The monoisotopic (exact) mass is 568 g/mol. The van der Waals surface area contributed by atoms with Crippen LogP contribution < -0.4 is 25.0 Å². The second-order valence-electron chi connectivity index (χ2n) is 7.81. The molecule has 3 rings (SSSR count). The fraction of sp³-hybridized carbons (Fsp3) is 0.480. The van der Waals surface area contributed by atoms with Gasteiger partial charge in [-0.3, -0.25) is 4.99 Å². The van der Waals surface area contributed by atoms with Gasteiger partial charge < -0.3 is 29.7 Å². The molecule has 0 atom stereocenters. The van der Waals surface area contributed by atoms with E-state index in [-0.39, 0.29) is 24.0 Å². The van der Waals surface area contributed by atoms with Crippen molar-refractivity contribution in [2.45, 2.75) is 39.0 Å². The van der Waals surface area contributed by atoms with Crippen LogP contribution in [0.4, 0.5) is 5.69 Å². The number of nitrogens with one attached hydrogen (secondary N) is 2. The first-order chi connectivity index (χ1) is 15.7. The average Bonchev–Trinajstić information content (AvgIpc) is 2.85. The maximum Gasteiger partial charge on any atom is 0.191 e. The summed E-state index contributed by atoms with van der Waals surface area (Å²) in [6.45, 7) is 6.00. The van der Waals surface area contributed by atoms with Gasteiger partial charge in [-0.25, -0.2) is 0 Å². The molecular formula is C25H37IN4O3. The maximum atomic E-state index is 5.60. The lowest BCUT2D eigenvalue weighted by atomic mass is 10.0. The van der Waals surface area contributed by atoms with E-state index < -0.39 is 0 Å². The third-order valence-corrected chi connectivity index (χ3v) is 5.79. The number of hydrogen-bond acceptors (Lipinski definition) is 5. The van der Waals surface area contributed by atoms with Gasteiger partial charge in [-0.2, -0.15) is 0 Å². The summed E-state index contributed by atoms with van der Waals surface area (Å²) in [4.78, 5) is 6.81. The van der Waals surface area contributed by atoms with E-state index in [1.807, 2.05) is 20.0 Å². The van der Waals surface area contributed by atoms with Crippen molar-refractivity contribution >= 4 is 35.6 Å². The summed E-state index contributed by atoms with van der Waals surface area (Å²) in [6, 6.07) is 14.8. The van der Waals surface area contributed by atoms with Crippen LogP contribution in [-0.4, -0.2) is 53.0 Å². The Morgan fingerprint density at radius 3 is 2.24 bits per heavy atom. The lowest BCUT2D eigenvalue weighted by Crippen LogP contribution is -2.48. The van der Waals surface area contributed by atoms with E-state index in [4.69, 9.17) is 14.2 Å². The molecule has 7 nitrogen and oxygen atoms in total. The van der Waals surface area contributed by atoms with Gasteiger partial charge in [0.2, 0.25) is 0 Å². The number of rotatable bonds is 9. The fourth-order valence-electron chi connectivity index (χ4n) is 3.91. The Hall–Kier alpha value is -2.20. The van der Waals surface area contributed by atoms with E-state index >= 15 is 0 Å². The van der Waals surface area contributed by atoms with Crippen LogP contribution >= 0.6 is 24.0 Å². The van der Waals surface area contributed by atoms with E-state index in [0.717, 1.165) is 49.1 Å². The highest BCUT2D eigenvalue weighted by Gasteiger charge is 2.21. The Morgan fingerprint density at radius 1 is 1.03 bits per heavy atom. The number of halogens is 1. The molecule has 182 valence electrons. The van der Waals surface area contributed by atoms with Crippen molar-refractivity contribution in [1.82, 2.24) is 10.6 Å². The predicted molar refractivity (Wildman–Crippen MR) is 145 cm³/mol. The van der Waals surface area contributed by atoms with Crippen LogP contribution in [0.25, 0.3) is 0 Å². The minimum absolute atomic E-state index is 0. The lowest BCUT2D eigenvalue weighted by molar-refractivity contribution is 0.133. The van der Waals surface area contributed by atoms with Gasteiger partial charge in [-0.05, 0) is 30.9 Å². The quantitative estimate of drug-likeness (QED) is 0.269. The Morgan fingerprint density at radius 2 is 1.67 bits per heavy atom. The smallest absolute Gasteiger partial charge is 0.191 e. The molecule has 1 fully saturated rings. The molecule has 1 aliphatic heterocycles. The first kappa shape index (κ1) is 27.0. The molecule has 0 amide bonds. The summed E-state index contributed by atoms with van der Waals surface area (Å²) < 4.78 is 16.4. The van der Waals surface area contributed by atoms with Gasteiger partial charge in [-0.15, -0.1) is 24.0 Å². The van der Waals surface area contributed by atoms with Gasteiger partial charge in [0.15, 0.2) is 5.96 Å². The van der Waals surface area contributed by atoms with E-state index in [9.17, 15) is 0 Å². The van der Waals surface area contributed by atoms with Crippen molar-refractivity contribution < 1.29 is 14.2 Å². The number of guanidine groups is 1. The van der Waals surface area contributed by atoms with Gasteiger partial charge in [0.1, 0.15) is 11.5 Å². The second kappa shape index (κ2) is 14.1. The Labute approximate surface area is 214 Å². The fourth-order valence-corrected chi connectivity index (χ4v) is 3.91. The number of benzene rings is 2. The van der Waals surface area contributed by atoms with Crippen molar-refractivity contribution in [1.29, 1.82) is 0 Å². The molecule has 2 N–H and O–H groups in total. The van der Waals surface area contributed by atoms with Crippen LogP contribution in [0.5, 0.6) is 11.5 Å². The van der Waals surface area contributed by atoms with Gasteiger partial charge in [0, 0.05) is 63.2 Å². The number of aliphatic imine (C=N–C) groups is 1. The normalized spacial score (nSPS) is 14.4. The predicted octanol–water partition coefficient (Wildman–Crippen LogP) is 4.19. The number of piperidine rings is 1. The molecule has 0 unspecified atom stereocenters. The van der Waals surface area contributed by atoms with Crippen molar-refractivity contribution in [2.24, 2.45) is 4.99 Å². The lowest BCUT2D eigenvalue weighted by Gasteiger charge is -2.34. The van der Waals surface area contributed by atoms with Gasteiger partial charge in [-0.1, -0.05) is 24.3 Å². The number of hydrogen-bond donors (Lipinski definition) is 2. The molecule has 0 aromatic heterocycles. The maximum absolute atomic E-state index is 5.60. The third kappa shape index (κ3) is 7.96. The topological polar surface area (TPSA) is 67.4 Å². The zero-order valence-corrected chi connectivity index (χ0v) is 22.4. The highest BCUT2D eigenvalue weighted by molar-refractivity contribution is 14.0. The molecule has 8 heteroatoms. The second-order valence-corrected chi connectivity index (χ2v) is 7.81. The summed E-state index contributed by atoms with van der Waals surface area (Å²) in [5.74, 6) is 2.46. The van der Waals surface area contributed by atoms with Gasteiger partial charge >= 0.3 is 0 Å². The highest BCUT2D eigenvalue weighted by Crippen LogP contribution is 2.30. The Balaban J connectivity index is 0.00000385. The van der Waals surface area contributed by atoms with Crippen LogP contribution in [0.2, 0.25) is 0 Å². The zero-order chi connectivity index (χ0) is 22.8. The van der Waals surface area contributed by atoms with E-state index in [1.54, 1.807) is 14.2 Å². The summed E-state index contributed by atoms with van der Waals surface area (Å²) in [7, 11) is 5.18. The average molecular weight is 569 g/mol. The van der Waals surface area contributed by atoms with E-state index in [0.29, 0.717) is 25.8 Å². The summed E-state index contributed by atoms with van der Waals surface area (Å²) in [5.41, 5.74) is 3.57. The van der Waals surface area contributed by atoms with Crippen LogP contribution in [0, 0.1) is 0 Å². The summed E-state index contributed by atoms with van der Waals surface area (Å²) in [5, 5.41) is 7.05. The number of methoxy groups -OCH3 is 2. The summed E-state index contributed by atoms with van der Waals surface area (Å²) >= 11 is 0. The molecular weight excluding hydrogens is 531 g/mol. The van der Waals surface area contributed by atoms with E-state index in [1.165, 1.54) is 11.1 Å². The van der Waals surface area contributed by atoms with Crippen molar-refractivity contribution in [3.05, 3.63) is 53.6 Å². The minimum atomic E-state index is 0. The zero-order valence-electron chi connectivity index (χ0n) is 20.1. The Kier molecular flexibility index (Phi) is 11.6. The van der Waals surface area contributed by atoms with Gasteiger partial charge in [0.05, 0.1) is 20.8 Å². The number of ether oxygens (including phenoxy) is 3. The molecule has 0 radical (unpaired) electrons. The molecule has 1 aliphatic rings. The third-order valence-electron chi connectivity index (χ3n) is 5.79. The van der Waals surface area contributed by atoms with E-state index in [2.05, 4.69) is 56.9 Å². The standard InChI is InChI=1S/C25H36N4O3.HI/c1-5-32-18-20-9-7-6-8-19(20)17-27-25(26-2)28-21-10-12-29(13-11-21)22-14-23(30-3)16-24(15-22)31-4;/h6-9,14-16,21H,5,10-13,17-18H2,1-4H3,(H2,26,27,28);1H. The Bertz CT molecular complexity index is 863. The summed E-state index contributed by atoms with van der Waals surface area (Å²) in [6.07, 6.45) is 2.06. The molecule has 1 heterocycles. The molecule has 0 spiro atoms. The molecule has 33 heavy (non-hydrogen) atoms. The van der Waals surface area contributed by atoms with Crippen molar-refractivity contribution in [3.8, 4) is 11.5 Å². The molecule has 0 aliphatic carbocycles. The van der Waals surface area contributed by atoms with Crippen LogP contribution in [0.1, 0.15) is 30.9 Å². The van der Waals surface area contributed by atoms with Gasteiger partial charge in [0.25, 0.3) is 0 Å². The van der Waals surface area contributed by atoms with Crippen LogP contribution in [-0.2, 0) is 17.9 Å². The minimum Gasteiger partial charge on any atom is -0.497 e. The largest absolute Gasteiger partial charge is 0.497 e. The number of nitrogens with zero attached hydrogens (tertiary/aromatic N) is 2. The molecule has 2 aromatic rings. The number of anilines is 1. The van der Waals surface area contributed by atoms with Crippen LogP contribution in [0.15, 0.2) is 47.5 Å². The molecule has 0 bridgehead atoms. The highest BCUT2D eigenvalue weighted by atomic mass is 127. The molecule has 2 aromatic carbocycles. The molecule has 1 saturated heterocycles. The van der Waals surface area contributed by atoms with Crippen molar-refractivity contribution in [3.63, 3.8) is 0 Å². The molecule has 0 saturated carbocycles. The first-order valence-corrected chi connectivity index (χ1v) is 11.3. The SMILES string of the molecule is CCOCc1ccccc1CNC(=NC)NC1CCN(c2cc(OC)cc(OC)c2)CC1.I. The van der Waals surface area contributed by atoms with Crippen LogP contribution in [0.3, 0.4) is 0 Å².